The van der Waals surface area contributed by atoms with Crippen LogP contribution in [0, 0.1) is 5.92 Å². The third-order valence-corrected chi connectivity index (χ3v) is 6.92. The number of aromatic nitrogens is 1. The van der Waals surface area contributed by atoms with Gasteiger partial charge in [-0.15, -0.1) is 0 Å². The number of carboxylic acids is 1. The van der Waals surface area contributed by atoms with Gasteiger partial charge in [0.1, 0.15) is 18.0 Å². The Balaban J connectivity index is 1.58. The highest BCUT2D eigenvalue weighted by atomic mass is 16.4. The van der Waals surface area contributed by atoms with Crippen molar-refractivity contribution in [3.05, 3.63) is 66.1 Å². The fraction of sp³-hybridized carbons (Fsp3) is 0.414. The van der Waals surface area contributed by atoms with Gasteiger partial charge in [0, 0.05) is 6.54 Å². The quantitative estimate of drug-likeness (QED) is 0.360. The molecule has 0 unspecified atom stereocenters. The average molecular weight is 520 g/mol. The van der Waals surface area contributed by atoms with Gasteiger partial charge in [-0.3, -0.25) is 24.1 Å². The number of nitrogens with zero attached hydrogens (tertiary/aromatic N) is 2. The summed E-state index contributed by atoms with van der Waals surface area (Å²) < 4.78 is 5.67. The Morgan fingerprint density at radius 2 is 1.71 bits per heavy atom. The van der Waals surface area contributed by atoms with Crippen LogP contribution in [0.3, 0.4) is 0 Å². The van der Waals surface area contributed by atoms with Crippen LogP contribution in [0.5, 0.6) is 0 Å². The van der Waals surface area contributed by atoms with Gasteiger partial charge in [0.2, 0.25) is 5.91 Å². The first-order valence-corrected chi connectivity index (χ1v) is 13.2. The van der Waals surface area contributed by atoms with Gasteiger partial charge in [-0.05, 0) is 42.9 Å². The molecule has 1 saturated carbocycles. The van der Waals surface area contributed by atoms with Crippen molar-refractivity contribution in [2.24, 2.45) is 5.92 Å². The van der Waals surface area contributed by atoms with Crippen molar-refractivity contribution in [2.45, 2.75) is 63.8 Å². The Labute approximate surface area is 221 Å². The molecule has 1 fully saturated rings. The number of carboxylic acid groups (broad SMARTS) is 1. The Hall–Kier alpha value is -4.01. The van der Waals surface area contributed by atoms with Crippen LogP contribution in [-0.4, -0.2) is 51.3 Å². The molecule has 3 amide bonds. The number of aliphatic carboxylic acids is 1. The van der Waals surface area contributed by atoms with Crippen molar-refractivity contribution in [3.63, 3.8) is 0 Å². The summed E-state index contributed by atoms with van der Waals surface area (Å²) in [5, 5.41) is 11.7. The maximum Gasteiger partial charge on any atom is 0.316 e. The monoisotopic (exact) mass is 519 g/mol. The summed E-state index contributed by atoms with van der Waals surface area (Å²) >= 11 is 0. The Bertz CT molecular complexity index is 1230. The smallest absolute Gasteiger partial charge is 0.316 e. The van der Waals surface area contributed by atoms with Crippen LogP contribution in [0.2, 0.25) is 0 Å². The van der Waals surface area contributed by atoms with Crippen LogP contribution >= 0.6 is 0 Å². The fourth-order valence-electron chi connectivity index (χ4n) is 5.03. The lowest BCUT2D eigenvalue weighted by Crippen LogP contribution is -2.52. The second kappa shape index (κ2) is 13.0. The molecule has 3 aromatic rings. The predicted molar refractivity (Wildman–Crippen MR) is 140 cm³/mol. The van der Waals surface area contributed by atoms with E-state index in [0.717, 1.165) is 42.6 Å². The molecule has 2 aromatic carbocycles. The van der Waals surface area contributed by atoms with E-state index in [4.69, 9.17) is 9.52 Å². The van der Waals surface area contributed by atoms with Gasteiger partial charge in [0.25, 0.3) is 11.8 Å². The molecule has 0 saturated heterocycles. The molecule has 0 radical (unpaired) electrons. The number of carbonyl (C=O) groups is 4. The van der Waals surface area contributed by atoms with Gasteiger partial charge in [-0.1, -0.05) is 74.6 Å². The minimum atomic E-state index is -1.28. The first-order chi connectivity index (χ1) is 18.4. The zero-order chi connectivity index (χ0) is 26.9. The van der Waals surface area contributed by atoms with Crippen LogP contribution in [0.4, 0.5) is 0 Å². The van der Waals surface area contributed by atoms with Crippen molar-refractivity contribution < 1.29 is 28.7 Å². The van der Waals surface area contributed by atoms with E-state index in [0.29, 0.717) is 30.4 Å². The molecule has 38 heavy (non-hydrogen) atoms. The van der Waals surface area contributed by atoms with E-state index in [1.165, 1.54) is 0 Å². The molecule has 200 valence electrons. The second-order valence-electron chi connectivity index (χ2n) is 9.80. The number of carbonyl (C=O) groups excluding carboxylic acids is 3. The molecule has 4 rings (SSSR count). The maximum absolute atomic E-state index is 13.9. The number of para-hydroxylation sites is 2. The number of hydrogen-bond acceptors (Lipinski definition) is 6. The normalized spacial score (nSPS) is 14.6. The number of fused-ring (bicyclic) bond motifs is 1. The van der Waals surface area contributed by atoms with Crippen LogP contribution < -0.4 is 5.32 Å². The van der Waals surface area contributed by atoms with Crippen molar-refractivity contribution >= 4 is 34.8 Å². The van der Waals surface area contributed by atoms with E-state index in [-0.39, 0.29) is 18.4 Å². The number of amides is 3. The average Bonchev–Trinajstić information content (AvgIpc) is 3.35. The molecular weight excluding hydrogens is 486 g/mol. The van der Waals surface area contributed by atoms with Gasteiger partial charge in [-0.25, -0.2) is 4.98 Å². The van der Waals surface area contributed by atoms with Crippen molar-refractivity contribution in [3.8, 4) is 0 Å². The molecular formula is C29H33N3O6. The Morgan fingerprint density at radius 1 is 1.00 bits per heavy atom. The zero-order valence-electron chi connectivity index (χ0n) is 21.3. The number of hydrogen-bond donors (Lipinski definition) is 2. The number of aryl methyl sites for hydroxylation is 1. The molecule has 2 N–H and O–H groups in total. The van der Waals surface area contributed by atoms with E-state index < -0.39 is 36.2 Å². The Morgan fingerprint density at radius 3 is 2.42 bits per heavy atom. The molecule has 1 aliphatic carbocycles. The summed E-state index contributed by atoms with van der Waals surface area (Å²) in [6.45, 7) is 0.0985. The molecule has 1 heterocycles. The summed E-state index contributed by atoms with van der Waals surface area (Å²) in [4.78, 5) is 56.4. The minimum absolute atomic E-state index is 0.0985. The number of benzene rings is 2. The lowest BCUT2D eigenvalue weighted by atomic mass is 9.84. The summed E-state index contributed by atoms with van der Waals surface area (Å²) in [5.41, 5.74) is 2.00. The molecule has 0 spiro atoms. The van der Waals surface area contributed by atoms with Gasteiger partial charge in [-0.2, -0.15) is 0 Å². The number of oxazole rings is 1. The number of nitrogens with one attached hydrogen (secondary N) is 1. The third-order valence-electron chi connectivity index (χ3n) is 6.92. The molecule has 1 atom stereocenters. The summed E-state index contributed by atoms with van der Waals surface area (Å²) in [6.07, 6.45) is 5.79. The van der Waals surface area contributed by atoms with E-state index in [2.05, 4.69) is 10.3 Å². The lowest BCUT2D eigenvalue weighted by Gasteiger charge is -2.30. The van der Waals surface area contributed by atoms with Crippen LogP contribution in [-0.2, 0) is 20.8 Å². The third kappa shape index (κ3) is 7.27. The molecule has 0 aliphatic heterocycles. The summed E-state index contributed by atoms with van der Waals surface area (Å²) in [6, 6.07) is 15.7. The van der Waals surface area contributed by atoms with E-state index in [1.54, 1.807) is 24.3 Å². The van der Waals surface area contributed by atoms with Crippen molar-refractivity contribution in [1.82, 2.24) is 15.2 Å². The first kappa shape index (κ1) is 27.0. The van der Waals surface area contributed by atoms with Crippen LogP contribution in [0.1, 0.15) is 67.6 Å². The van der Waals surface area contributed by atoms with Crippen molar-refractivity contribution in [1.29, 1.82) is 0 Å². The maximum atomic E-state index is 13.9. The SMILES string of the molecule is O=C(O)CC(=O)N[C@@H](CC1CCCCC1)C(=O)N(CCCc1ccccc1)C(=O)c1nc2ccccc2o1. The van der Waals surface area contributed by atoms with Crippen molar-refractivity contribution in [2.75, 3.05) is 6.54 Å². The molecule has 0 bridgehead atoms. The highest BCUT2D eigenvalue weighted by Crippen LogP contribution is 2.28. The van der Waals surface area contributed by atoms with Crippen LogP contribution in [0.15, 0.2) is 59.0 Å². The topological polar surface area (TPSA) is 130 Å². The second-order valence-corrected chi connectivity index (χ2v) is 9.80. The van der Waals surface area contributed by atoms with Crippen LogP contribution in [0.25, 0.3) is 11.1 Å². The van der Waals surface area contributed by atoms with Gasteiger partial charge in [0.05, 0.1) is 0 Å². The summed E-state index contributed by atoms with van der Waals surface area (Å²) in [5.74, 6) is -3.30. The lowest BCUT2D eigenvalue weighted by molar-refractivity contribution is -0.142. The van der Waals surface area contributed by atoms with Gasteiger partial charge < -0.3 is 14.8 Å². The Kier molecular flexibility index (Phi) is 9.24. The van der Waals surface area contributed by atoms with E-state index >= 15 is 0 Å². The van der Waals surface area contributed by atoms with E-state index in [9.17, 15) is 19.2 Å². The number of rotatable bonds is 11. The van der Waals surface area contributed by atoms with Gasteiger partial charge >= 0.3 is 11.9 Å². The highest BCUT2D eigenvalue weighted by Gasteiger charge is 2.34. The molecule has 9 heteroatoms. The van der Waals surface area contributed by atoms with Gasteiger partial charge in [0.15, 0.2) is 5.58 Å². The zero-order valence-corrected chi connectivity index (χ0v) is 21.3. The number of imide groups is 1. The van der Waals surface area contributed by atoms with E-state index in [1.807, 2.05) is 30.3 Å². The first-order valence-electron chi connectivity index (χ1n) is 13.2. The highest BCUT2D eigenvalue weighted by molar-refractivity contribution is 6.06. The molecule has 1 aliphatic rings. The molecule has 9 nitrogen and oxygen atoms in total. The molecule has 1 aromatic heterocycles. The fourth-order valence-corrected chi connectivity index (χ4v) is 5.03. The largest absolute Gasteiger partial charge is 0.481 e. The minimum Gasteiger partial charge on any atom is -0.481 e. The standard InChI is InChI=1S/C29H33N3O6/c33-25(19-26(34)35)30-23(18-21-12-5-2-6-13-21)28(36)32(17-9-14-20-10-3-1-4-11-20)29(37)27-31-22-15-7-8-16-24(22)38-27/h1,3-4,7-8,10-11,15-16,21,23H,2,5-6,9,12-14,17-19H2,(H,30,33)(H,34,35)/t23-/m0/s1. The predicted octanol–water partition coefficient (Wildman–Crippen LogP) is 4.36. The summed E-state index contributed by atoms with van der Waals surface area (Å²) in [7, 11) is 0.